The summed E-state index contributed by atoms with van der Waals surface area (Å²) < 4.78 is 4.65. The van der Waals surface area contributed by atoms with E-state index in [0.29, 0.717) is 11.4 Å². The van der Waals surface area contributed by atoms with Gasteiger partial charge >= 0.3 is 6.09 Å². The van der Waals surface area contributed by atoms with Crippen LogP contribution in [0, 0.1) is 0 Å². The highest BCUT2D eigenvalue weighted by atomic mass is 35.5. The summed E-state index contributed by atoms with van der Waals surface area (Å²) >= 11 is 24.0. The summed E-state index contributed by atoms with van der Waals surface area (Å²) in [5.74, 6) is 0. The average Bonchev–Trinajstić information content (AvgIpc) is 2.70. The lowest BCUT2D eigenvalue weighted by Gasteiger charge is -2.22. The third-order valence-electron chi connectivity index (χ3n) is 2.38. The minimum Gasteiger partial charge on any atom is -0.451 e. The van der Waals surface area contributed by atoms with Gasteiger partial charge in [0, 0.05) is 7.05 Å². The highest BCUT2D eigenvalue weighted by Crippen LogP contribution is 2.51. The van der Waals surface area contributed by atoms with Crippen molar-refractivity contribution in [2.45, 2.75) is 0 Å². The third-order valence-corrected chi connectivity index (χ3v) is 4.17. The molecule has 1 aromatic carbocycles. The zero-order valence-corrected chi connectivity index (χ0v) is 12.2. The van der Waals surface area contributed by atoms with Gasteiger partial charge in [-0.15, -0.1) is 5.12 Å². The van der Waals surface area contributed by atoms with Crippen molar-refractivity contribution in [3.8, 4) is 0 Å². The van der Waals surface area contributed by atoms with E-state index in [-0.39, 0.29) is 20.1 Å². The predicted molar refractivity (Wildman–Crippen MR) is 72.8 cm³/mol. The van der Waals surface area contributed by atoms with Crippen LogP contribution in [-0.2, 0) is 4.74 Å². The van der Waals surface area contributed by atoms with Crippen LogP contribution >= 0.6 is 46.4 Å². The molecule has 0 radical (unpaired) electrons. The number of nitrogens with one attached hydrogen (secondary N) is 1. The van der Waals surface area contributed by atoms with Crippen molar-refractivity contribution in [2.75, 3.05) is 24.6 Å². The normalized spacial score (nSPS) is 14.4. The van der Waals surface area contributed by atoms with E-state index >= 15 is 0 Å². The Labute approximate surface area is 123 Å². The number of methoxy groups -OCH3 is 1. The average molecular weight is 331 g/mol. The summed E-state index contributed by atoms with van der Waals surface area (Å²) in [6.07, 6.45) is -0.639. The second-order valence-corrected chi connectivity index (χ2v) is 4.91. The topological polar surface area (TPSA) is 44.8 Å². The van der Waals surface area contributed by atoms with Gasteiger partial charge in [0.15, 0.2) is 0 Å². The Balaban J connectivity index is 2.69. The van der Waals surface area contributed by atoms with Gasteiger partial charge in [0.05, 0.1) is 32.9 Å². The molecule has 0 bridgehead atoms. The molecule has 5 nitrogen and oxygen atoms in total. The number of fused-ring (bicyclic) bond motifs is 1. The minimum absolute atomic E-state index is 0.0769. The fraction of sp³-hybridized carbons (Fsp3) is 0.222. The Hall–Kier alpha value is -0.590. The van der Waals surface area contributed by atoms with Crippen molar-refractivity contribution in [2.24, 2.45) is 0 Å². The number of hydrogen-bond donors (Lipinski definition) is 1. The lowest BCUT2D eigenvalue weighted by molar-refractivity contribution is 0.164. The summed E-state index contributed by atoms with van der Waals surface area (Å²) in [4.78, 5) is 11.7. The van der Waals surface area contributed by atoms with Crippen LogP contribution in [0.2, 0.25) is 20.1 Å². The van der Waals surface area contributed by atoms with Crippen molar-refractivity contribution in [3.63, 3.8) is 0 Å². The van der Waals surface area contributed by atoms with Crippen LogP contribution in [0.3, 0.4) is 0 Å². The van der Waals surface area contributed by atoms with E-state index in [2.05, 4.69) is 10.2 Å². The van der Waals surface area contributed by atoms with Crippen LogP contribution in [0.4, 0.5) is 16.2 Å². The Morgan fingerprint density at radius 1 is 1.11 bits per heavy atom. The highest BCUT2D eigenvalue weighted by molar-refractivity contribution is 6.54. The maximum Gasteiger partial charge on any atom is 0.430 e. The van der Waals surface area contributed by atoms with Gasteiger partial charge in [0.2, 0.25) is 0 Å². The van der Waals surface area contributed by atoms with E-state index in [1.807, 2.05) is 0 Å². The van der Waals surface area contributed by atoms with Crippen LogP contribution in [0.5, 0.6) is 0 Å². The lowest BCUT2D eigenvalue weighted by Crippen LogP contribution is -2.42. The summed E-state index contributed by atoms with van der Waals surface area (Å²) in [7, 11) is 2.84. The second-order valence-electron chi connectivity index (χ2n) is 3.40. The molecule has 0 atom stereocenters. The zero-order valence-electron chi connectivity index (χ0n) is 9.22. The van der Waals surface area contributed by atoms with E-state index in [4.69, 9.17) is 46.4 Å². The standard InChI is InChI=1S/C9H7Cl4N3O2/c1-15-14-7-5(12)3(10)4(11)6(13)8(7)16(15)9(17)18-2/h14H,1-2H3. The fourth-order valence-electron chi connectivity index (χ4n) is 1.58. The van der Waals surface area contributed by atoms with E-state index in [1.54, 1.807) is 7.05 Å². The maximum atomic E-state index is 11.7. The highest BCUT2D eigenvalue weighted by Gasteiger charge is 2.36. The molecule has 0 fully saturated rings. The fourth-order valence-corrected chi connectivity index (χ4v) is 2.55. The van der Waals surface area contributed by atoms with Crippen molar-refractivity contribution >= 4 is 63.9 Å². The summed E-state index contributed by atoms with van der Waals surface area (Å²) in [5.41, 5.74) is 3.53. The molecular weight excluding hydrogens is 324 g/mol. The number of ether oxygens (including phenoxy) is 1. The molecular formula is C9H7Cl4N3O2. The maximum absolute atomic E-state index is 11.7. The molecule has 1 aromatic rings. The number of benzene rings is 1. The monoisotopic (exact) mass is 329 g/mol. The Kier molecular flexibility index (Phi) is 3.71. The molecule has 2 rings (SSSR count). The molecule has 0 spiro atoms. The minimum atomic E-state index is -0.639. The molecule has 0 saturated heterocycles. The van der Waals surface area contributed by atoms with Crippen molar-refractivity contribution in [1.29, 1.82) is 0 Å². The van der Waals surface area contributed by atoms with Gasteiger partial charge in [-0.05, 0) is 0 Å². The first-order valence-corrected chi connectivity index (χ1v) is 6.15. The van der Waals surface area contributed by atoms with Crippen molar-refractivity contribution in [1.82, 2.24) is 5.12 Å². The van der Waals surface area contributed by atoms with Crippen LogP contribution in [-0.4, -0.2) is 25.4 Å². The van der Waals surface area contributed by atoms with Gasteiger partial charge < -0.3 is 4.74 Å². The Bertz CT molecular complexity index is 537. The molecule has 0 saturated carbocycles. The predicted octanol–water partition coefficient (Wildman–Crippen LogP) is 4.06. The van der Waals surface area contributed by atoms with Crippen molar-refractivity contribution in [3.05, 3.63) is 20.1 Å². The van der Waals surface area contributed by atoms with Crippen LogP contribution in [0.1, 0.15) is 0 Å². The number of amides is 1. The molecule has 98 valence electrons. The molecule has 1 amide bonds. The smallest absolute Gasteiger partial charge is 0.430 e. The number of hydrogen-bond acceptors (Lipinski definition) is 4. The molecule has 0 aromatic heterocycles. The lowest BCUT2D eigenvalue weighted by atomic mass is 10.2. The van der Waals surface area contributed by atoms with Gasteiger partial charge in [-0.25, -0.2) is 4.79 Å². The first-order chi connectivity index (χ1) is 8.40. The Morgan fingerprint density at radius 3 is 2.22 bits per heavy atom. The zero-order chi connectivity index (χ0) is 13.6. The number of carbonyl (C=O) groups excluding carboxylic acids is 1. The van der Waals surface area contributed by atoms with E-state index in [9.17, 15) is 4.79 Å². The van der Waals surface area contributed by atoms with Crippen molar-refractivity contribution < 1.29 is 9.53 Å². The largest absolute Gasteiger partial charge is 0.451 e. The molecule has 0 unspecified atom stereocenters. The molecule has 1 aliphatic rings. The van der Waals surface area contributed by atoms with Crippen LogP contribution in [0.25, 0.3) is 0 Å². The third kappa shape index (κ3) is 1.87. The number of rotatable bonds is 0. The SMILES string of the molecule is COC(=O)N1c2c(Cl)c(Cl)c(Cl)c(Cl)c2NN1C. The van der Waals surface area contributed by atoms with Crippen LogP contribution < -0.4 is 10.4 Å². The number of nitrogens with zero attached hydrogens (tertiary/aromatic N) is 2. The first-order valence-electron chi connectivity index (χ1n) is 4.64. The quantitative estimate of drug-likeness (QED) is 0.575. The molecule has 1 aliphatic heterocycles. The summed E-state index contributed by atoms with van der Waals surface area (Å²) in [6.45, 7) is 0. The second kappa shape index (κ2) is 4.83. The Morgan fingerprint density at radius 2 is 1.67 bits per heavy atom. The molecule has 1 heterocycles. The summed E-state index contributed by atoms with van der Waals surface area (Å²) in [5, 5.41) is 3.01. The van der Waals surface area contributed by atoms with Gasteiger partial charge in [-0.3, -0.25) is 5.43 Å². The van der Waals surface area contributed by atoms with Gasteiger partial charge in [0.25, 0.3) is 0 Å². The number of halogens is 4. The van der Waals surface area contributed by atoms with Gasteiger partial charge in [-0.2, -0.15) is 5.01 Å². The van der Waals surface area contributed by atoms with Gasteiger partial charge in [-0.1, -0.05) is 46.4 Å². The van der Waals surface area contributed by atoms with E-state index in [0.717, 1.165) is 5.01 Å². The van der Waals surface area contributed by atoms with E-state index < -0.39 is 6.09 Å². The van der Waals surface area contributed by atoms with E-state index in [1.165, 1.54) is 12.2 Å². The molecule has 1 N–H and O–H groups in total. The summed E-state index contributed by atoms with van der Waals surface area (Å²) in [6, 6.07) is 0. The number of anilines is 2. The molecule has 18 heavy (non-hydrogen) atoms. The number of carbonyl (C=O) groups is 1. The molecule has 9 heteroatoms. The van der Waals surface area contributed by atoms with Gasteiger partial charge in [0.1, 0.15) is 5.69 Å². The first kappa shape index (κ1) is 13.8. The molecule has 0 aliphatic carbocycles. The number of hydrazine groups is 2. The van der Waals surface area contributed by atoms with Crippen LogP contribution in [0.15, 0.2) is 0 Å².